The lowest BCUT2D eigenvalue weighted by atomic mass is 10.2. The molecular formula is C12H14ClNO2. The van der Waals surface area contributed by atoms with Crippen LogP contribution in [0.5, 0.6) is 5.75 Å². The van der Waals surface area contributed by atoms with Gasteiger partial charge in [-0.2, -0.15) is 0 Å². The molecule has 1 atom stereocenters. The van der Waals surface area contributed by atoms with Gasteiger partial charge < -0.3 is 9.64 Å². The maximum atomic E-state index is 11.8. The number of ether oxygens (including phenoxy) is 1. The fourth-order valence-corrected chi connectivity index (χ4v) is 2.00. The van der Waals surface area contributed by atoms with Crippen molar-refractivity contribution in [3.8, 4) is 5.75 Å². The van der Waals surface area contributed by atoms with Crippen LogP contribution in [0.15, 0.2) is 18.2 Å². The lowest BCUT2D eigenvalue weighted by Gasteiger charge is -2.33. The van der Waals surface area contributed by atoms with Gasteiger partial charge in [0.2, 0.25) is 5.91 Å². The Balaban J connectivity index is 2.43. The van der Waals surface area contributed by atoms with E-state index in [0.29, 0.717) is 18.0 Å². The van der Waals surface area contributed by atoms with Gasteiger partial charge in [0.1, 0.15) is 11.9 Å². The molecule has 0 N–H and O–H groups in total. The first-order valence-electron chi connectivity index (χ1n) is 5.38. The van der Waals surface area contributed by atoms with E-state index in [-0.39, 0.29) is 12.0 Å². The molecular weight excluding hydrogens is 226 g/mol. The van der Waals surface area contributed by atoms with Crippen LogP contribution in [0.2, 0.25) is 5.02 Å². The molecule has 0 unspecified atom stereocenters. The van der Waals surface area contributed by atoms with Crippen molar-refractivity contribution in [3.05, 3.63) is 23.2 Å². The molecule has 1 aromatic rings. The number of nitrogens with zero attached hydrogens (tertiary/aromatic N) is 1. The average molecular weight is 240 g/mol. The number of carbonyl (C=O) groups is 1. The van der Waals surface area contributed by atoms with E-state index in [1.54, 1.807) is 17.0 Å². The quantitative estimate of drug-likeness (QED) is 0.754. The summed E-state index contributed by atoms with van der Waals surface area (Å²) in [4.78, 5) is 13.6. The summed E-state index contributed by atoms with van der Waals surface area (Å²) in [7, 11) is 0. The molecule has 86 valence electrons. The Morgan fingerprint density at radius 1 is 1.62 bits per heavy atom. The molecule has 0 aromatic heterocycles. The van der Waals surface area contributed by atoms with Gasteiger partial charge in [0.15, 0.2) is 0 Å². The zero-order chi connectivity index (χ0) is 11.7. The minimum atomic E-state index is 0.0178. The molecule has 1 aliphatic heterocycles. The van der Waals surface area contributed by atoms with Crippen LogP contribution < -0.4 is 9.64 Å². The van der Waals surface area contributed by atoms with Gasteiger partial charge in [-0.1, -0.05) is 18.5 Å². The smallest absolute Gasteiger partial charge is 0.226 e. The first kappa shape index (κ1) is 11.3. The highest BCUT2D eigenvalue weighted by atomic mass is 35.5. The Morgan fingerprint density at radius 2 is 2.38 bits per heavy atom. The largest absolute Gasteiger partial charge is 0.487 e. The Morgan fingerprint density at radius 3 is 3.06 bits per heavy atom. The topological polar surface area (TPSA) is 29.5 Å². The van der Waals surface area contributed by atoms with E-state index in [4.69, 9.17) is 16.3 Å². The second-order valence-corrected chi connectivity index (χ2v) is 4.33. The lowest BCUT2D eigenvalue weighted by Crippen LogP contribution is -2.42. The van der Waals surface area contributed by atoms with E-state index in [1.807, 2.05) is 19.9 Å². The number of amides is 1. The summed E-state index contributed by atoms with van der Waals surface area (Å²) in [6.07, 6.45) is 0.503. The van der Waals surface area contributed by atoms with Crippen LogP contribution in [0.3, 0.4) is 0 Å². The van der Waals surface area contributed by atoms with Crippen LogP contribution in [0.1, 0.15) is 20.3 Å². The van der Waals surface area contributed by atoms with Gasteiger partial charge in [0.25, 0.3) is 0 Å². The number of anilines is 1. The minimum absolute atomic E-state index is 0.0178. The van der Waals surface area contributed by atoms with Crippen molar-refractivity contribution < 1.29 is 9.53 Å². The maximum absolute atomic E-state index is 11.8. The number of benzene rings is 1. The highest BCUT2D eigenvalue weighted by Gasteiger charge is 2.26. The normalized spacial score (nSPS) is 18.9. The third-order valence-corrected chi connectivity index (χ3v) is 2.82. The summed E-state index contributed by atoms with van der Waals surface area (Å²) in [5.41, 5.74) is 0.775. The summed E-state index contributed by atoms with van der Waals surface area (Å²) in [6, 6.07) is 5.35. The second kappa shape index (κ2) is 4.34. The van der Waals surface area contributed by atoms with Gasteiger partial charge in [-0.3, -0.25) is 4.79 Å². The summed E-state index contributed by atoms with van der Waals surface area (Å²) >= 11 is 5.93. The second-order valence-electron chi connectivity index (χ2n) is 3.90. The highest BCUT2D eigenvalue weighted by molar-refractivity contribution is 6.31. The molecule has 0 fully saturated rings. The minimum Gasteiger partial charge on any atom is -0.487 e. The Hall–Kier alpha value is -1.22. The number of hydrogen-bond acceptors (Lipinski definition) is 2. The average Bonchev–Trinajstić information content (AvgIpc) is 2.27. The van der Waals surface area contributed by atoms with Crippen LogP contribution in [-0.2, 0) is 4.79 Å². The van der Waals surface area contributed by atoms with Crippen molar-refractivity contribution in [2.24, 2.45) is 0 Å². The molecule has 1 aliphatic rings. The van der Waals surface area contributed by atoms with E-state index in [9.17, 15) is 4.79 Å². The SMILES string of the molecule is CCC(=O)N1C[C@@H](C)Oc2ccc(Cl)cc21. The zero-order valence-electron chi connectivity index (χ0n) is 9.37. The Kier molecular flexibility index (Phi) is 3.06. The summed E-state index contributed by atoms with van der Waals surface area (Å²) in [6.45, 7) is 4.39. The molecule has 0 spiro atoms. The van der Waals surface area contributed by atoms with Crippen molar-refractivity contribution >= 4 is 23.2 Å². The van der Waals surface area contributed by atoms with Crippen molar-refractivity contribution in [2.75, 3.05) is 11.4 Å². The predicted molar refractivity (Wildman–Crippen MR) is 64.2 cm³/mol. The van der Waals surface area contributed by atoms with Gasteiger partial charge in [-0.25, -0.2) is 0 Å². The van der Waals surface area contributed by atoms with Gasteiger partial charge >= 0.3 is 0 Å². The number of hydrogen-bond donors (Lipinski definition) is 0. The Bertz CT molecular complexity index is 419. The molecule has 4 heteroatoms. The van der Waals surface area contributed by atoms with E-state index in [1.165, 1.54) is 0 Å². The van der Waals surface area contributed by atoms with Crippen molar-refractivity contribution in [3.63, 3.8) is 0 Å². The standard InChI is InChI=1S/C12H14ClNO2/c1-3-12(15)14-7-8(2)16-11-5-4-9(13)6-10(11)14/h4-6,8H,3,7H2,1-2H3/t8-/m1/s1. The lowest BCUT2D eigenvalue weighted by molar-refractivity contribution is -0.118. The first-order valence-corrected chi connectivity index (χ1v) is 5.76. The predicted octanol–water partition coefficient (Wildman–Crippen LogP) is 2.86. The highest BCUT2D eigenvalue weighted by Crippen LogP contribution is 2.35. The van der Waals surface area contributed by atoms with Gasteiger partial charge in [-0.15, -0.1) is 0 Å². The molecule has 1 heterocycles. The van der Waals surface area contributed by atoms with Crippen LogP contribution in [-0.4, -0.2) is 18.6 Å². The number of fused-ring (bicyclic) bond motifs is 1. The van der Waals surface area contributed by atoms with Crippen molar-refractivity contribution in [2.45, 2.75) is 26.4 Å². The van der Waals surface area contributed by atoms with Crippen LogP contribution in [0, 0.1) is 0 Å². The van der Waals surface area contributed by atoms with Gasteiger partial charge in [0, 0.05) is 11.4 Å². The molecule has 0 radical (unpaired) electrons. The zero-order valence-corrected chi connectivity index (χ0v) is 10.1. The van der Waals surface area contributed by atoms with E-state index in [0.717, 1.165) is 11.4 Å². The molecule has 0 saturated heterocycles. The van der Waals surface area contributed by atoms with Crippen LogP contribution in [0.25, 0.3) is 0 Å². The Labute approximate surface area is 100.0 Å². The summed E-state index contributed by atoms with van der Waals surface area (Å²) in [5, 5.41) is 0.616. The van der Waals surface area contributed by atoms with Gasteiger partial charge in [0.05, 0.1) is 12.2 Å². The van der Waals surface area contributed by atoms with Crippen LogP contribution in [0.4, 0.5) is 5.69 Å². The summed E-state index contributed by atoms with van der Waals surface area (Å²) < 4.78 is 5.66. The molecule has 0 aliphatic carbocycles. The van der Waals surface area contributed by atoms with Crippen molar-refractivity contribution in [1.29, 1.82) is 0 Å². The van der Waals surface area contributed by atoms with E-state index in [2.05, 4.69) is 0 Å². The van der Waals surface area contributed by atoms with Crippen LogP contribution >= 0.6 is 11.6 Å². The molecule has 16 heavy (non-hydrogen) atoms. The fourth-order valence-electron chi connectivity index (χ4n) is 1.84. The monoisotopic (exact) mass is 239 g/mol. The number of halogens is 1. The third-order valence-electron chi connectivity index (χ3n) is 2.58. The fraction of sp³-hybridized carbons (Fsp3) is 0.417. The van der Waals surface area contributed by atoms with Gasteiger partial charge in [-0.05, 0) is 25.1 Å². The third kappa shape index (κ3) is 2.00. The molecule has 0 saturated carbocycles. The molecule has 2 rings (SSSR count). The van der Waals surface area contributed by atoms with E-state index >= 15 is 0 Å². The number of carbonyl (C=O) groups excluding carboxylic acids is 1. The number of rotatable bonds is 1. The maximum Gasteiger partial charge on any atom is 0.226 e. The molecule has 1 aromatic carbocycles. The molecule has 1 amide bonds. The van der Waals surface area contributed by atoms with E-state index < -0.39 is 0 Å². The van der Waals surface area contributed by atoms with Crippen molar-refractivity contribution in [1.82, 2.24) is 0 Å². The first-order chi connectivity index (χ1) is 7.61. The molecule has 0 bridgehead atoms. The molecule has 3 nitrogen and oxygen atoms in total. The summed E-state index contributed by atoms with van der Waals surface area (Å²) in [5.74, 6) is 0.823.